The highest BCUT2D eigenvalue weighted by atomic mass is 16.6. The SMILES string of the molecule is CCNC(=NCC1CCCN(C(=O)OC(C)(C)C)C1)NCCc1ccccc1OC. The van der Waals surface area contributed by atoms with E-state index in [-0.39, 0.29) is 6.09 Å². The fourth-order valence-electron chi connectivity index (χ4n) is 3.49. The van der Waals surface area contributed by atoms with Crippen LogP contribution in [0, 0.1) is 5.92 Å². The zero-order chi connectivity index (χ0) is 22.0. The van der Waals surface area contributed by atoms with E-state index < -0.39 is 5.60 Å². The average molecular weight is 419 g/mol. The van der Waals surface area contributed by atoms with Crippen LogP contribution in [0.2, 0.25) is 0 Å². The van der Waals surface area contributed by atoms with Gasteiger partial charge in [-0.05, 0) is 64.5 Å². The third-order valence-electron chi connectivity index (χ3n) is 4.90. The summed E-state index contributed by atoms with van der Waals surface area (Å²) in [6.07, 6.45) is 2.68. The molecule has 1 saturated heterocycles. The predicted molar refractivity (Wildman–Crippen MR) is 121 cm³/mol. The van der Waals surface area contributed by atoms with Gasteiger partial charge < -0.3 is 25.0 Å². The molecule has 1 aliphatic rings. The molecule has 0 spiro atoms. The van der Waals surface area contributed by atoms with Gasteiger partial charge in [0, 0.05) is 32.7 Å². The smallest absolute Gasteiger partial charge is 0.410 e. The van der Waals surface area contributed by atoms with Gasteiger partial charge in [0.2, 0.25) is 0 Å². The van der Waals surface area contributed by atoms with Gasteiger partial charge in [0.05, 0.1) is 7.11 Å². The van der Waals surface area contributed by atoms with E-state index >= 15 is 0 Å². The number of hydrogen-bond donors (Lipinski definition) is 2. The van der Waals surface area contributed by atoms with E-state index in [0.29, 0.717) is 19.0 Å². The number of amides is 1. The molecule has 1 amide bonds. The molecule has 7 heteroatoms. The van der Waals surface area contributed by atoms with Gasteiger partial charge in [-0.15, -0.1) is 0 Å². The number of nitrogens with one attached hydrogen (secondary N) is 2. The molecular formula is C23H38N4O3. The standard InChI is InChI=1S/C23H38N4O3/c1-6-24-21(25-14-13-19-11-7-8-12-20(19)29-5)26-16-18-10-9-15-27(17-18)22(28)30-23(2,3)4/h7-8,11-12,18H,6,9-10,13-17H2,1-5H3,(H2,24,25,26). The Labute approximate surface area is 181 Å². The number of guanidine groups is 1. The van der Waals surface area contributed by atoms with Crippen molar-refractivity contribution in [2.75, 3.05) is 39.8 Å². The minimum absolute atomic E-state index is 0.224. The second-order valence-corrected chi connectivity index (χ2v) is 8.64. The molecule has 0 aliphatic carbocycles. The lowest BCUT2D eigenvalue weighted by atomic mass is 9.98. The Hall–Kier alpha value is -2.44. The summed E-state index contributed by atoms with van der Waals surface area (Å²) in [5, 5.41) is 6.71. The van der Waals surface area contributed by atoms with E-state index in [1.807, 2.05) is 43.9 Å². The van der Waals surface area contributed by atoms with Crippen LogP contribution in [0.15, 0.2) is 29.3 Å². The maximum absolute atomic E-state index is 12.4. The summed E-state index contributed by atoms with van der Waals surface area (Å²) in [5.74, 6) is 2.06. The number of rotatable bonds is 7. The lowest BCUT2D eigenvalue weighted by Crippen LogP contribution is -2.44. The molecule has 1 heterocycles. The molecule has 1 aliphatic heterocycles. The van der Waals surface area contributed by atoms with E-state index in [4.69, 9.17) is 14.5 Å². The Morgan fingerprint density at radius 2 is 2.03 bits per heavy atom. The molecule has 1 atom stereocenters. The average Bonchev–Trinajstić information content (AvgIpc) is 2.71. The third-order valence-corrected chi connectivity index (χ3v) is 4.90. The van der Waals surface area contributed by atoms with Gasteiger partial charge in [0.15, 0.2) is 5.96 Å². The first-order valence-electron chi connectivity index (χ1n) is 10.9. The molecule has 30 heavy (non-hydrogen) atoms. The minimum Gasteiger partial charge on any atom is -0.496 e. The van der Waals surface area contributed by atoms with Crippen LogP contribution in [0.1, 0.15) is 46.1 Å². The predicted octanol–water partition coefficient (Wildman–Crippen LogP) is 3.44. The lowest BCUT2D eigenvalue weighted by molar-refractivity contribution is 0.0170. The number of piperidine rings is 1. The molecule has 0 aromatic heterocycles. The van der Waals surface area contributed by atoms with Crippen LogP contribution in [-0.2, 0) is 11.2 Å². The summed E-state index contributed by atoms with van der Waals surface area (Å²) in [6.45, 7) is 11.5. The van der Waals surface area contributed by atoms with Gasteiger partial charge in [0.25, 0.3) is 0 Å². The first-order valence-corrected chi connectivity index (χ1v) is 10.9. The van der Waals surface area contributed by atoms with Crippen LogP contribution in [0.5, 0.6) is 5.75 Å². The zero-order valence-corrected chi connectivity index (χ0v) is 19.2. The second kappa shape index (κ2) is 11.7. The summed E-state index contributed by atoms with van der Waals surface area (Å²) in [6, 6.07) is 8.06. The van der Waals surface area contributed by atoms with E-state index in [2.05, 4.69) is 23.6 Å². The second-order valence-electron chi connectivity index (χ2n) is 8.64. The van der Waals surface area contributed by atoms with E-state index in [1.165, 1.54) is 5.56 Å². The van der Waals surface area contributed by atoms with E-state index in [9.17, 15) is 4.79 Å². The fraction of sp³-hybridized carbons (Fsp3) is 0.652. The number of benzene rings is 1. The van der Waals surface area contributed by atoms with E-state index in [1.54, 1.807) is 7.11 Å². The van der Waals surface area contributed by atoms with Crippen LogP contribution >= 0.6 is 0 Å². The van der Waals surface area contributed by atoms with Crippen molar-refractivity contribution in [1.82, 2.24) is 15.5 Å². The highest BCUT2D eigenvalue weighted by Gasteiger charge is 2.27. The molecule has 2 N–H and O–H groups in total. The highest BCUT2D eigenvalue weighted by molar-refractivity contribution is 5.79. The van der Waals surface area contributed by atoms with Crippen molar-refractivity contribution in [1.29, 1.82) is 0 Å². The maximum atomic E-state index is 12.4. The quantitative estimate of drug-likeness (QED) is 0.524. The first-order chi connectivity index (χ1) is 14.3. The first kappa shape index (κ1) is 23.8. The normalized spacial score (nSPS) is 17.4. The van der Waals surface area contributed by atoms with Crippen LogP contribution < -0.4 is 15.4 Å². The van der Waals surface area contributed by atoms with Crippen molar-refractivity contribution < 1.29 is 14.3 Å². The largest absolute Gasteiger partial charge is 0.496 e. The van der Waals surface area contributed by atoms with Gasteiger partial charge in [-0.2, -0.15) is 0 Å². The van der Waals surface area contributed by atoms with Crippen molar-refractivity contribution >= 4 is 12.1 Å². The molecule has 7 nitrogen and oxygen atoms in total. The van der Waals surface area contributed by atoms with Crippen molar-refractivity contribution in [3.63, 3.8) is 0 Å². The maximum Gasteiger partial charge on any atom is 0.410 e. The number of aliphatic imine (C=N–C) groups is 1. The molecule has 0 bridgehead atoms. The fourth-order valence-corrected chi connectivity index (χ4v) is 3.49. The Morgan fingerprint density at radius 1 is 1.27 bits per heavy atom. The Bertz CT molecular complexity index is 700. The lowest BCUT2D eigenvalue weighted by Gasteiger charge is -2.33. The van der Waals surface area contributed by atoms with E-state index in [0.717, 1.165) is 50.6 Å². The van der Waals surface area contributed by atoms with Gasteiger partial charge >= 0.3 is 6.09 Å². The van der Waals surface area contributed by atoms with Crippen LogP contribution in [0.3, 0.4) is 0 Å². The molecule has 1 unspecified atom stereocenters. The molecule has 0 radical (unpaired) electrons. The monoisotopic (exact) mass is 418 g/mol. The van der Waals surface area contributed by atoms with Crippen molar-refractivity contribution in [3.05, 3.63) is 29.8 Å². The highest BCUT2D eigenvalue weighted by Crippen LogP contribution is 2.20. The molecular weight excluding hydrogens is 380 g/mol. The number of ether oxygens (including phenoxy) is 2. The Morgan fingerprint density at radius 3 is 2.73 bits per heavy atom. The molecule has 2 rings (SSSR count). The van der Waals surface area contributed by atoms with Gasteiger partial charge in [0.1, 0.15) is 11.4 Å². The summed E-state index contributed by atoms with van der Waals surface area (Å²) in [4.78, 5) is 18.9. The van der Waals surface area contributed by atoms with Crippen LogP contribution in [0.25, 0.3) is 0 Å². The number of carbonyl (C=O) groups is 1. The molecule has 1 aromatic carbocycles. The van der Waals surface area contributed by atoms with Crippen molar-refractivity contribution in [2.45, 2.75) is 52.6 Å². The molecule has 1 fully saturated rings. The summed E-state index contributed by atoms with van der Waals surface area (Å²) in [7, 11) is 1.70. The molecule has 1 aromatic rings. The molecule has 0 saturated carbocycles. The number of hydrogen-bond acceptors (Lipinski definition) is 4. The van der Waals surface area contributed by atoms with Crippen LogP contribution in [0.4, 0.5) is 4.79 Å². The Balaban J connectivity index is 1.86. The number of carbonyl (C=O) groups excluding carboxylic acids is 1. The number of methoxy groups -OCH3 is 1. The summed E-state index contributed by atoms with van der Waals surface area (Å²) in [5.41, 5.74) is 0.704. The topological polar surface area (TPSA) is 75.2 Å². The van der Waals surface area contributed by atoms with Gasteiger partial charge in [-0.3, -0.25) is 4.99 Å². The third kappa shape index (κ3) is 8.13. The van der Waals surface area contributed by atoms with Gasteiger partial charge in [-0.25, -0.2) is 4.79 Å². The number of para-hydroxylation sites is 1. The zero-order valence-electron chi connectivity index (χ0n) is 19.2. The number of likely N-dealkylation sites (tertiary alicyclic amines) is 1. The summed E-state index contributed by atoms with van der Waals surface area (Å²) >= 11 is 0. The number of nitrogens with zero attached hydrogens (tertiary/aromatic N) is 2. The minimum atomic E-state index is -0.467. The van der Waals surface area contributed by atoms with Gasteiger partial charge in [-0.1, -0.05) is 18.2 Å². The van der Waals surface area contributed by atoms with Crippen molar-refractivity contribution in [2.24, 2.45) is 10.9 Å². The Kier molecular flexibility index (Phi) is 9.27. The molecule has 168 valence electrons. The van der Waals surface area contributed by atoms with Crippen molar-refractivity contribution in [3.8, 4) is 5.75 Å². The summed E-state index contributed by atoms with van der Waals surface area (Å²) < 4.78 is 10.9. The van der Waals surface area contributed by atoms with Crippen LogP contribution in [-0.4, -0.2) is 62.4 Å².